The molecule has 2 aliphatic carbocycles. The number of rotatable bonds is 5. The van der Waals surface area contributed by atoms with Crippen molar-refractivity contribution in [3.8, 4) is 27.9 Å². The van der Waals surface area contributed by atoms with E-state index in [1.54, 1.807) is 0 Å². The Morgan fingerprint density at radius 1 is 0.492 bits per heavy atom. The zero-order valence-electron chi connectivity index (χ0n) is 35.8. The molecule has 11 aromatic rings. The van der Waals surface area contributed by atoms with Crippen LogP contribution in [-0.4, -0.2) is 4.57 Å². The minimum absolute atomic E-state index is 0.223. The van der Waals surface area contributed by atoms with Gasteiger partial charge in [-0.1, -0.05) is 171 Å². The van der Waals surface area contributed by atoms with Crippen LogP contribution in [0, 0.1) is 5.41 Å². The van der Waals surface area contributed by atoms with Crippen molar-refractivity contribution in [1.82, 2.24) is 4.57 Å². The minimum atomic E-state index is -0.466. The van der Waals surface area contributed by atoms with Gasteiger partial charge in [0.2, 0.25) is 0 Å². The molecule has 0 saturated heterocycles. The van der Waals surface area contributed by atoms with Gasteiger partial charge in [0.25, 0.3) is 0 Å². The topological polar surface area (TPSA) is 21.3 Å². The number of hydrogen-bond acceptors (Lipinski definition) is 2. The molecule has 1 aliphatic heterocycles. The van der Waals surface area contributed by atoms with Gasteiger partial charge in [0.1, 0.15) is 11.2 Å². The lowest BCUT2D eigenvalue weighted by atomic mass is 9.53. The van der Waals surface area contributed by atoms with Crippen LogP contribution < -0.4 is 4.90 Å². The molecule has 306 valence electrons. The van der Waals surface area contributed by atoms with Crippen LogP contribution in [0.4, 0.5) is 17.1 Å². The number of para-hydroxylation sites is 3. The fourth-order valence-electron chi connectivity index (χ4n) is 12.3. The van der Waals surface area contributed by atoms with Crippen molar-refractivity contribution in [3.05, 3.63) is 253 Å². The summed E-state index contributed by atoms with van der Waals surface area (Å²) in [5.74, 6) is 0.223. The smallest absolute Gasteiger partial charge is 0.145 e. The summed E-state index contributed by atoms with van der Waals surface area (Å²) in [7, 11) is 0. The number of allylic oxidation sites excluding steroid dienone is 4. The molecular formula is C62H42N2O. The van der Waals surface area contributed by atoms with E-state index in [-0.39, 0.29) is 11.3 Å². The summed E-state index contributed by atoms with van der Waals surface area (Å²) >= 11 is 0. The van der Waals surface area contributed by atoms with Gasteiger partial charge in [0.15, 0.2) is 0 Å². The molecule has 3 unspecified atom stereocenters. The Hall–Kier alpha value is -8.14. The standard InChI is InChI=1S/C62H42N2O/c1-61-37-15-14-22-51(61)47-20-8-10-23-52(47)62(61)53-24-11-13-26-56(53)64-55-25-12-9-21-48(55)58-59(64)54(62)39-50-49-38-43(31-36-57(49)65-60(50)58)42-29-34-46(35-30-42)63(44-18-6-3-7-19-44)45-32-27-41(28-33-45)40-16-4-2-5-17-40/h2-39,51H,1H3. The highest BCUT2D eigenvalue weighted by Gasteiger charge is 2.63. The van der Waals surface area contributed by atoms with Crippen molar-refractivity contribution in [2.45, 2.75) is 18.3 Å². The predicted octanol–water partition coefficient (Wildman–Crippen LogP) is 16.4. The number of hydrogen-bond donors (Lipinski definition) is 0. The van der Waals surface area contributed by atoms with Gasteiger partial charge >= 0.3 is 0 Å². The summed E-state index contributed by atoms with van der Waals surface area (Å²) in [6.07, 6.45) is 9.45. The first-order chi connectivity index (χ1) is 32.1. The fourth-order valence-corrected chi connectivity index (χ4v) is 12.3. The van der Waals surface area contributed by atoms with E-state index in [1.807, 2.05) is 0 Å². The van der Waals surface area contributed by atoms with Crippen LogP contribution in [0.25, 0.3) is 71.7 Å². The van der Waals surface area contributed by atoms with Crippen molar-refractivity contribution >= 4 is 60.8 Å². The molecule has 3 heteroatoms. The number of benzene rings is 9. The first-order valence-electron chi connectivity index (χ1n) is 22.7. The number of nitrogens with zero attached hydrogens (tertiary/aromatic N) is 2. The average Bonchev–Trinajstić information content (AvgIpc) is 3.99. The molecule has 3 nitrogen and oxygen atoms in total. The Morgan fingerprint density at radius 3 is 1.89 bits per heavy atom. The van der Waals surface area contributed by atoms with Crippen LogP contribution in [0.3, 0.4) is 0 Å². The van der Waals surface area contributed by atoms with Crippen molar-refractivity contribution in [2.24, 2.45) is 5.41 Å². The lowest BCUT2D eigenvalue weighted by Gasteiger charge is -2.49. The normalized spacial score (nSPS) is 19.0. The number of fused-ring (bicyclic) bond motifs is 16. The second-order valence-electron chi connectivity index (χ2n) is 18.2. The SMILES string of the molecule is CC12C=CC=CC1c1ccccc1C21c2ccccc2-n2c3ccccc3c3c4oc5ccc(-c6ccc(N(c7ccccc7)c7ccc(-c8ccccc8)cc7)cc6)cc5c4cc1c32. The van der Waals surface area contributed by atoms with Gasteiger partial charge in [-0.15, -0.1) is 0 Å². The quantitative estimate of drug-likeness (QED) is 0.172. The lowest BCUT2D eigenvalue weighted by Crippen LogP contribution is -2.45. The average molecular weight is 831 g/mol. The van der Waals surface area contributed by atoms with E-state index in [9.17, 15) is 0 Å². The van der Waals surface area contributed by atoms with Crippen molar-refractivity contribution < 1.29 is 4.42 Å². The monoisotopic (exact) mass is 830 g/mol. The molecule has 9 aromatic carbocycles. The molecule has 0 radical (unpaired) electrons. The molecular weight excluding hydrogens is 789 g/mol. The fraction of sp³-hybridized carbons (Fsp3) is 0.0645. The molecule has 0 N–H and O–H groups in total. The van der Waals surface area contributed by atoms with Crippen LogP contribution >= 0.6 is 0 Å². The van der Waals surface area contributed by atoms with E-state index in [1.165, 1.54) is 60.9 Å². The zero-order chi connectivity index (χ0) is 42.9. The molecule has 0 fully saturated rings. The molecule has 2 aromatic heterocycles. The molecule has 14 rings (SSSR count). The highest BCUT2D eigenvalue weighted by Crippen LogP contribution is 2.70. The second-order valence-corrected chi connectivity index (χ2v) is 18.2. The maximum absolute atomic E-state index is 7.08. The minimum Gasteiger partial charge on any atom is -0.455 e. The van der Waals surface area contributed by atoms with Gasteiger partial charge in [-0.05, 0) is 111 Å². The molecule has 0 amide bonds. The molecule has 3 heterocycles. The van der Waals surface area contributed by atoms with Crippen molar-refractivity contribution in [3.63, 3.8) is 0 Å². The number of furan rings is 1. The lowest BCUT2D eigenvalue weighted by molar-refractivity contribution is 0.288. The number of aromatic nitrogens is 1. The van der Waals surface area contributed by atoms with E-state index in [0.29, 0.717) is 0 Å². The van der Waals surface area contributed by atoms with E-state index in [4.69, 9.17) is 4.42 Å². The first kappa shape index (κ1) is 36.4. The predicted molar refractivity (Wildman–Crippen MR) is 269 cm³/mol. The third-order valence-corrected chi connectivity index (χ3v) is 15.0. The van der Waals surface area contributed by atoms with E-state index in [0.717, 1.165) is 50.1 Å². The van der Waals surface area contributed by atoms with Crippen LogP contribution in [-0.2, 0) is 5.41 Å². The van der Waals surface area contributed by atoms with Crippen molar-refractivity contribution in [2.75, 3.05) is 4.90 Å². The second kappa shape index (κ2) is 13.4. The Bertz CT molecular complexity index is 3780. The van der Waals surface area contributed by atoms with Gasteiger partial charge in [-0.25, -0.2) is 0 Å². The Labute approximate surface area is 377 Å². The summed E-state index contributed by atoms with van der Waals surface area (Å²) in [6, 6.07) is 75.6. The summed E-state index contributed by atoms with van der Waals surface area (Å²) in [5.41, 5.74) is 18.3. The zero-order valence-corrected chi connectivity index (χ0v) is 35.8. The van der Waals surface area contributed by atoms with Crippen molar-refractivity contribution in [1.29, 1.82) is 0 Å². The third kappa shape index (κ3) is 4.85. The highest BCUT2D eigenvalue weighted by molar-refractivity contribution is 6.26. The van der Waals surface area contributed by atoms with E-state index < -0.39 is 5.41 Å². The van der Waals surface area contributed by atoms with Crippen LogP contribution in [0.15, 0.2) is 235 Å². The van der Waals surface area contributed by atoms with Gasteiger partial charge in [-0.3, -0.25) is 0 Å². The largest absolute Gasteiger partial charge is 0.455 e. The summed E-state index contributed by atoms with van der Waals surface area (Å²) in [5, 5.41) is 4.67. The van der Waals surface area contributed by atoms with Crippen LogP contribution in [0.2, 0.25) is 0 Å². The maximum atomic E-state index is 7.08. The maximum Gasteiger partial charge on any atom is 0.145 e. The molecule has 65 heavy (non-hydrogen) atoms. The molecule has 0 bridgehead atoms. The molecule has 3 atom stereocenters. The van der Waals surface area contributed by atoms with Gasteiger partial charge in [-0.2, -0.15) is 0 Å². The molecule has 0 saturated carbocycles. The Balaban J connectivity index is 0.965. The summed E-state index contributed by atoms with van der Waals surface area (Å²) in [4.78, 5) is 2.33. The summed E-state index contributed by atoms with van der Waals surface area (Å²) < 4.78 is 9.61. The highest BCUT2D eigenvalue weighted by atomic mass is 16.3. The van der Waals surface area contributed by atoms with Crippen LogP contribution in [0.5, 0.6) is 0 Å². The Kier molecular flexibility index (Phi) is 7.51. The van der Waals surface area contributed by atoms with Gasteiger partial charge in [0.05, 0.1) is 27.5 Å². The Morgan fingerprint density at radius 2 is 1.11 bits per heavy atom. The van der Waals surface area contributed by atoms with Gasteiger partial charge < -0.3 is 13.9 Å². The number of anilines is 3. The van der Waals surface area contributed by atoms with E-state index in [2.05, 4.69) is 247 Å². The van der Waals surface area contributed by atoms with Gasteiger partial charge in [0, 0.05) is 44.6 Å². The van der Waals surface area contributed by atoms with Crippen LogP contribution in [0.1, 0.15) is 35.1 Å². The molecule has 1 spiro atoms. The van der Waals surface area contributed by atoms with E-state index >= 15 is 0 Å². The molecule has 3 aliphatic rings. The first-order valence-corrected chi connectivity index (χ1v) is 22.7. The third-order valence-electron chi connectivity index (χ3n) is 15.0. The summed E-state index contributed by atoms with van der Waals surface area (Å²) in [6.45, 7) is 2.50.